The number of fused-ring (bicyclic) bond motifs is 1. The normalized spacial score (nSPS) is 11.1. The van der Waals surface area contributed by atoms with Crippen LogP contribution in [-0.4, -0.2) is 29.7 Å². The Morgan fingerprint density at radius 3 is 2.79 bits per heavy atom. The summed E-state index contributed by atoms with van der Waals surface area (Å²) in [6, 6.07) is 7.75. The molecule has 0 amide bonds. The van der Waals surface area contributed by atoms with E-state index in [1.54, 1.807) is 23.3 Å². The maximum Gasteiger partial charge on any atom is 0.194 e. The summed E-state index contributed by atoms with van der Waals surface area (Å²) in [5, 5.41) is 5.61. The minimum atomic E-state index is 0.562. The summed E-state index contributed by atoms with van der Waals surface area (Å²) < 4.78 is 1.75. The predicted molar refractivity (Wildman–Crippen MR) is 92.9 cm³/mol. The van der Waals surface area contributed by atoms with Crippen molar-refractivity contribution in [1.29, 1.82) is 0 Å². The van der Waals surface area contributed by atoms with E-state index in [-0.39, 0.29) is 0 Å². The molecule has 4 rings (SSSR count). The fourth-order valence-corrected chi connectivity index (χ4v) is 3.37. The van der Waals surface area contributed by atoms with Crippen LogP contribution in [0, 0.1) is 0 Å². The second-order valence-electron chi connectivity index (χ2n) is 5.01. The number of rotatable bonds is 3. The van der Waals surface area contributed by atoms with Gasteiger partial charge in [0.05, 0.1) is 16.9 Å². The molecule has 0 aliphatic rings. The molecule has 0 bridgehead atoms. The van der Waals surface area contributed by atoms with Crippen molar-refractivity contribution >= 4 is 34.5 Å². The molecule has 0 spiro atoms. The highest BCUT2D eigenvalue weighted by Crippen LogP contribution is 2.37. The van der Waals surface area contributed by atoms with Gasteiger partial charge in [0, 0.05) is 36.1 Å². The second kappa shape index (κ2) is 6.18. The zero-order valence-corrected chi connectivity index (χ0v) is 14.2. The Morgan fingerprint density at radius 1 is 1.08 bits per heavy atom. The van der Waals surface area contributed by atoms with Gasteiger partial charge in [0.15, 0.2) is 10.8 Å². The lowest BCUT2D eigenvalue weighted by Crippen LogP contribution is -1.92. The average Bonchev–Trinajstić information content (AvgIpc) is 3.03. The molecule has 0 N–H and O–H groups in total. The van der Waals surface area contributed by atoms with E-state index in [0.717, 1.165) is 16.2 Å². The van der Waals surface area contributed by atoms with E-state index in [9.17, 15) is 0 Å². The van der Waals surface area contributed by atoms with Crippen LogP contribution >= 0.6 is 23.4 Å². The van der Waals surface area contributed by atoms with E-state index < -0.39 is 0 Å². The SMILES string of the molecule is Cn1ccc(-c2cccc(Sc3ncc4nccnc4n3)c2Cl)n1. The second-order valence-corrected chi connectivity index (χ2v) is 6.40. The third-order valence-electron chi connectivity index (χ3n) is 3.36. The maximum absolute atomic E-state index is 6.57. The zero-order chi connectivity index (χ0) is 16.5. The predicted octanol–water partition coefficient (Wildman–Crippen LogP) is 3.62. The number of halogens is 1. The first-order valence-corrected chi connectivity index (χ1v) is 8.30. The highest BCUT2D eigenvalue weighted by Gasteiger charge is 2.13. The van der Waals surface area contributed by atoms with Crippen LogP contribution in [0.15, 0.2) is 59.1 Å². The number of benzene rings is 1. The molecule has 4 aromatic rings. The summed E-state index contributed by atoms with van der Waals surface area (Å²) >= 11 is 7.96. The molecule has 24 heavy (non-hydrogen) atoms. The number of hydrogen-bond donors (Lipinski definition) is 0. The van der Waals surface area contributed by atoms with Gasteiger partial charge < -0.3 is 0 Å². The molecule has 6 nitrogen and oxygen atoms in total. The molecule has 0 unspecified atom stereocenters. The molecular formula is C16H11ClN6S. The lowest BCUT2D eigenvalue weighted by molar-refractivity contribution is 0.771. The molecule has 0 atom stereocenters. The van der Waals surface area contributed by atoms with Crippen LogP contribution in [-0.2, 0) is 7.05 Å². The Labute approximate surface area is 147 Å². The van der Waals surface area contributed by atoms with Crippen LogP contribution in [0.1, 0.15) is 0 Å². The minimum Gasteiger partial charge on any atom is -0.275 e. The van der Waals surface area contributed by atoms with Crippen molar-refractivity contribution in [2.75, 3.05) is 0 Å². The number of hydrogen-bond acceptors (Lipinski definition) is 6. The fourth-order valence-electron chi connectivity index (χ4n) is 2.25. The lowest BCUT2D eigenvalue weighted by Gasteiger charge is -2.07. The van der Waals surface area contributed by atoms with E-state index in [1.807, 2.05) is 37.5 Å². The summed E-state index contributed by atoms with van der Waals surface area (Å²) in [6.07, 6.45) is 6.77. The molecule has 0 aliphatic heterocycles. The third kappa shape index (κ3) is 2.83. The summed E-state index contributed by atoms with van der Waals surface area (Å²) in [4.78, 5) is 18.0. The van der Waals surface area contributed by atoms with E-state index in [1.165, 1.54) is 11.8 Å². The van der Waals surface area contributed by atoms with Gasteiger partial charge in [-0.1, -0.05) is 23.7 Å². The molecular weight excluding hydrogens is 344 g/mol. The van der Waals surface area contributed by atoms with Gasteiger partial charge in [0.2, 0.25) is 0 Å². The van der Waals surface area contributed by atoms with E-state index in [0.29, 0.717) is 21.3 Å². The van der Waals surface area contributed by atoms with Gasteiger partial charge in [0.25, 0.3) is 0 Å². The quantitative estimate of drug-likeness (QED) is 0.523. The molecule has 0 radical (unpaired) electrons. The molecule has 0 saturated heterocycles. The summed E-state index contributed by atoms with van der Waals surface area (Å²) in [6.45, 7) is 0. The van der Waals surface area contributed by atoms with Gasteiger partial charge in [-0.25, -0.2) is 19.9 Å². The Kier molecular flexibility index (Phi) is 3.87. The van der Waals surface area contributed by atoms with E-state index in [4.69, 9.17) is 11.6 Å². The average molecular weight is 355 g/mol. The Morgan fingerprint density at radius 2 is 1.96 bits per heavy atom. The van der Waals surface area contributed by atoms with E-state index >= 15 is 0 Å². The van der Waals surface area contributed by atoms with Gasteiger partial charge in [-0.2, -0.15) is 5.10 Å². The zero-order valence-electron chi connectivity index (χ0n) is 12.6. The van der Waals surface area contributed by atoms with Crippen molar-refractivity contribution < 1.29 is 0 Å². The van der Waals surface area contributed by atoms with Gasteiger partial charge >= 0.3 is 0 Å². The standard InChI is InChI=1S/C16H11ClN6S/c1-23-8-5-11(22-23)10-3-2-4-13(14(10)17)24-16-20-9-12-15(21-16)19-7-6-18-12/h2-9H,1H3. The van der Waals surface area contributed by atoms with Gasteiger partial charge in [0.1, 0.15) is 5.52 Å². The van der Waals surface area contributed by atoms with Crippen molar-refractivity contribution in [3.63, 3.8) is 0 Å². The monoisotopic (exact) mass is 354 g/mol. The first-order valence-electron chi connectivity index (χ1n) is 7.11. The van der Waals surface area contributed by atoms with Gasteiger partial charge in [-0.3, -0.25) is 4.68 Å². The van der Waals surface area contributed by atoms with Crippen molar-refractivity contribution in [1.82, 2.24) is 29.7 Å². The molecule has 3 aromatic heterocycles. The first-order chi connectivity index (χ1) is 11.7. The molecule has 0 fully saturated rings. The van der Waals surface area contributed by atoms with Crippen LogP contribution in [0.4, 0.5) is 0 Å². The van der Waals surface area contributed by atoms with Crippen molar-refractivity contribution in [2.24, 2.45) is 7.05 Å². The summed E-state index contributed by atoms with van der Waals surface area (Å²) in [5.74, 6) is 0. The largest absolute Gasteiger partial charge is 0.275 e. The Hall–Kier alpha value is -2.51. The van der Waals surface area contributed by atoms with Crippen LogP contribution in [0.25, 0.3) is 22.4 Å². The number of aryl methyl sites for hydroxylation is 1. The molecule has 0 aliphatic carbocycles. The van der Waals surface area contributed by atoms with Crippen LogP contribution < -0.4 is 0 Å². The van der Waals surface area contributed by atoms with Crippen LogP contribution in [0.3, 0.4) is 0 Å². The van der Waals surface area contributed by atoms with Crippen LogP contribution in [0.2, 0.25) is 5.02 Å². The van der Waals surface area contributed by atoms with Crippen molar-refractivity contribution in [3.05, 3.63) is 54.1 Å². The minimum absolute atomic E-state index is 0.562. The lowest BCUT2D eigenvalue weighted by atomic mass is 10.1. The summed E-state index contributed by atoms with van der Waals surface area (Å²) in [5.41, 5.74) is 2.93. The third-order valence-corrected chi connectivity index (χ3v) is 4.82. The molecule has 118 valence electrons. The molecule has 1 aromatic carbocycles. The van der Waals surface area contributed by atoms with E-state index in [2.05, 4.69) is 25.0 Å². The smallest absolute Gasteiger partial charge is 0.194 e. The van der Waals surface area contributed by atoms with Gasteiger partial charge in [-0.15, -0.1) is 0 Å². The topological polar surface area (TPSA) is 69.4 Å². The summed E-state index contributed by atoms with van der Waals surface area (Å²) in [7, 11) is 1.87. The maximum atomic E-state index is 6.57. The first kappa shape index (κ1) is 15.0. The Bertz CT molecular complexity index is 1030. The number of nitrogens with zero attached hydrogens (tertiary/aromatic N) is 6. The molecule has 3 heterocycles. The number of aromatic nitrogens is 6. The molecule has 0 saturated carbocycles. The Balaban J connectivity index is 1.71. The highest BCUT2D eigenvalue weighted by molar-refractivity contribution is 7.99. The van der Waals surface area contributed by atoms with Crippen molar-refractivity contribution in [2.45, 2.75) is 10.1 Å². The van der Waals surface area contributed by atoms with Gasteiger partial charge in [-0.05, 0) is 23.9 Å². The van der Waals surface area contributed by atoms with Crippen molar-refractivity contribution in [3.8, 4) is 11.3 Å². The molecule has 8 heteroatoms. The fraction of sp³-hybridized carbons (Fsp3) is 0.0625. The van der Waals surface area contributed by atoms with Crippen LogP contribution in [0.5, 0.6) is 0 Å². The highest BCUT2D eigenvalue weighted by atomic mass is 35.5.